The SMILES string of the molecule is CC/N=c1/cc2oc3cc(NCC)c(C)cc3c(-c3cc(C(=O)NCCOCCOCCNC(=O)OCCC(C)(C)SSCOCCCCOC(=O)NCC#Cc4cn([C@H]5C[C@H](OCN=[N+]=[N-])[C@@H](COP(=O)(O)O[PH](=O)OP(=O)(O)O)O5)c(=O)[nH]c4=O)ccc3C(=O)O)c-2cc1C. The summed E-state index contributed by atoms with van der Waals surface area (Å²) in [7, 11) is -11.8. The number of aryl methyl sites for hydroxylation is 2. The topological polar surface area (TPSA) is 470 Å². The lowest BCUT2D eigenvalue weighted by Crippen LogP contribution is -2.34. The summed E-state index contributed by atoms with van der Waals surface area (Å²) in [4.78, 5) is 113. The number of phosphoric acid groups is 2. The van der Waals surface area contributed by atoms with Crippen LogP contribution in [0.5, 0.6) is 0 Å². The molecule has 0 bridgehead atoms. The maximum Gasteiger partial charge on any atom is 0.479 e. The van der Waals surface area contributed by atoms with Crippen molar-refractivity contribution in [2.45, 2.75) is 90.4 Å². The molecule has 2 aromatic carbocycles. The van der Waals surface area contributed by atoms with Gasteiger partial charge in [-0.05, 0) is 113 Å². The smallest absolute Gasteiger partial charge is 0.478 e. The lowest BCUT2D eigenvalue weighted by atomic mass is 9.88. The monoisotopic (exact) mass is 1450 g/mol. The number of azide groups is 1. The van der Waals surface area contributed by atoms with Gasteiger partial charge in [0.1, 0.15) is 41.9 Å². The number of alkyl carbamates (subject to hydrolysis) is 2. The van der Waals surface area contributed by atoms with E-state index in [-0.39, 0.29) is 87.1 Å². The highest BCUT2D eigenvalue weighted by Gasteiger charge is 2.40. The van der Waals surface area contributed by atoms with E-state index in [4.69, 9.17) is 57.4 Å². The number of unbranched alkanes of at least 4 members (excludes halogenated alkanes) is 1. The van der Waals surface area contributed by atoms with Crippen LogP contribution >= 0.6 is 45.5 Å². The second-order valence-corrected chi connectivity index (χ2v) is 28.5. The largest absolute Gasteiger partial charge is 0.479 e. The molecular formula is C58H77N10O24P3S2. The standard InChI is InChI=1S/C58H77N10O24P3S2/c1-7-60-44-29-46-42(26-36(44)3)51(43-27-37(4)45(61-8-2)30-47(43)89-46)41-28-38(13-14-40(41)54(71)72)52(69)62-17-22-82-24-25-83-23-18-64-57(75)86-21-15-58(5,6)97-96-35-84-19-9-10-20-85-56(74)63-16-11-12-39-32-68(55(73)66-53(39)70)50-31-48(87-34-65-67-59)49(90-50)33-88-95(80,81)92-93(76)91-94(77,78)79/h13-14,26-30,32,48-50,60,93H,7-10,15-25,31,33-35H2,1-6H3,(H,62,69)(H,63,74)(H,64,75)(H,71,72)(H,80,81)(H,66,70,73)(H2,77,78,79)/b61-45-/t48-,49+,50+/m0/s1. The summed E-state index contributed by atoms with van der Waals surface area (Å²) in [6.45, 7) is 13.3. The number of carbonyl (C=O) groups is 4. The number of ether oxygens (including phenoxy) is 7. The highest BCUT2D eigenvalue weighted by Crippen LogP contribution is 2.58. The number of anilines is 1. The molecule has 6 rings (SSSR count). The zero-order valence-corrected chi connectivity index (χ0v) is 58.1. The molecule has 2 aliphatic heterocycles. The number of rotatable bonds is 39. The van der Waals surface area contributed by atoms with E-state index >= 15 is 0 Å². The molecule has 530 valence electrons. The number of hydrogen-bond donors (Lipinski definition) is 9. The summed E-state index contributed by atoms with van der Waals surface area (Å²) in [6, 6.07) is 12.2. The molecule has 34 nitrogen and oxygen atoms in total. The molecule has 0 radical (unpaired) electrons. The number of carbonyl (C=O) groups excluding carboxylic acids is 3. The molecule has 1 aromatic heterocycles. The summed E-state index contributed by atoms with van der Waals surface area (Å²) in [5, 5.41) is 26.4. The summed E-state index contributed by atoms with van der Waals surface area (Å²) < 4.78 is 93.1. The molecule has 3 amide bonds. The van der Waals surface area contributed by atoms with E-state index in [9.17, 15) is 52.5 Å². The number of fused-ring (bicyclic) bond motifs is 2. The Bertz CT molecular complexity index is 3960. The van der Waals surface area contributed by atoms with Crippen LogP contribution in [0.25, 0.3) is 43.9 Å². The molecule has 1 aliphatic carbocycles. The normalized spacial score (nSPS) is 15.8. The summed E-state index contributed by atoms with van der Waals surface area (Å²) in [5.74, 6) is 4.43. The van der Waals surface area contributed by atoms with E-state index in [0.717, 1.165) is 32.9 Å². The number of hydrogen-bond acceptors (Lipinski definition) is 25. The van der Waals surface area contributed by atoms with Crippen molar-refractivity contribution in [3.8, 4) is 34.3 Å². The number of carboxylic acids is 1. The number of H-pyrrole nitrogens is 1. The van der Waals surface area contributed by atoms with Gasteiger partial charge in [-0.3, -0.25) is 33.2 Å². The molecule has 3 aromatic rings. The van der Waals surface area contributed by atoms with Crippen molar-refractivity contribution >= 4 is 86.2 Å². The van der Waals surface area contributed by atoms with Crippen LogP contribution in [0.2, 0.25) is 0 Å². The molecule has 9 N–H and O–H groups in total. The Labute approximate surface area is 564 Å². The molecule has 0 spiro atoms. The predicted octanol–water partition coefficient (Wildman–Crippen LogP) is 7.87. The van der Waals surface area contributed by atoms with Crippen LogP contribution in [0, 0.1) is 25.7 Å². The van der Waals surface area contributed by atoms with Gasteiger partial charge >= 0.3 is 47.7 Å². The van der Waals surface area contributed by atoms with E-state index < -0.39 is 91.0 Å². The summed E-state index contributed by atoms with van der Waals surface area (Å²) in [5.41, 5.74) is 11.8. The van der Waals surface area contributed by atoms with Gasteiger partial charge in [0, 0.05) is 95.0 Å². The fraction of sp³-hybridized carbons (Fsp3) is 0.500. The van der Waals surface area contributed by atoms with Crippen LogP contribution in [0.3, 0.4) is 0 Å². The van der Waals surface area contributed by atoms with Gasteiger partial charge in [0.25, 0.3) is 11.5 Å². The number of phosphoric ester groups is 1. The maximum absolute atomic E-state index is 13.5. The Morgan fingerprint density at radius 2 is 1.62 bits per heavy atom. The number of amides is 3. The average Bonchev–Trinajstić information content (AvgIpc) is 1.17. The first-order valence-corrected chi connectivity index (χ1v) is 36.6. The first kappa shape index (κ1) is 78.9. The predicted molar refractivity (Wildman–Crippen MR) is 356 cm³/mol. The third-order valence-electron chi connectivity index (χ3n) is 13.7. The van der Waals surface area contributed by atoms with Crippen LogP contribution in [0.15, 0.2) is 72.8 Å². The van der Waals surface area contributed by atoms with Gasteiger partial charge in [-0.25, -0.2) is 36.9 Å². The minimum Gasteiger partial charge on any atom is -0.478 e. The van der Waals surface area contributed by atoms with Gasteiger partial charge in [-0.1, -0.05) is 38.5 Å². The van der Waals surface area contributed by atoms with Crippen molar-refractivity contribution in [3.63, 3.8) is 0 Å². The van der Waals surface area contributed by atoms with Crippen molar-refractivity contribution < 1.29 is 103 Å². The molecule has 1 fully saturated rings. The van der Waals surface area contributed by atoms with E-state index in [1.807, 2.05) is 65.8 Å². The molecule has 1 saturated heterocycles. The first-order valence-electron chi connectivity index (χ1n) is 30.1. The lowest BCUT2D eigenvalue weighted by molar-refractivity contribution is -0.0599. The van der Waals surface area contributed by atoms with E-state index in [1.165, 1.54) is 22.9 Å². The van der Waals surface area contributed by atoms with Crippen molar-refractivity contribution in [1.82, 2.24) is 25.5 Å². The molecule has 3 aliphatic rings. The lowest BCUT2D eigenvalue weighted by Gasteiger charge is -2.22. The van der Waals surface area contributed by atoms with Crippen LogP contribution < -0.4 is 37.9 Å². The van der Waals surface area contributed by atoms with Crippen LogP contribution in [-0.2, 0) is 60.0 Å². The number of nitrogens with zero attached hydrogens (tertiary/aromatic N) is 5. The Morgan fingerprint density at radius 3 is 2.33 bits per heavy atom. The minimum atomic E-state index is -5.36. The number of benzene rings is 3. The van der Waals surface area contributed by atoms with Crippen molar-refractivity contribution in [2.75, 3.05) is 104 Å². The van der Waals surface area contributed by atoms with Crippen LogP contribution in [0.4, 0.5) is 15.3 Å². The number of aromatic carboxylic acids is 1. The highest BCUT2D eigenvalue weighted by atomic mass is 33.1. The Kier molecular flexibility index (Phi) is 31.6. The molecule has 5 atom stereocenters. The molecule has 2 unspecified atom stereocenters. The van der Waals surface area contributed by atoms with E-state index in [2.05, 4.69) is 61.7 Å². The molecule has 3 heterocycles. The highest BCUT2D eigenvalue weighted by molar-refractivity contribution is 8.77. The number of carboxylic acid groups (broad SMARTS) is 1. The second-order valence-electron chi connectivity index (χ2n) is 21.5. The van der Waals surface area contributed by atoms with Gasteiger partial charge in [-0.2, -0.15) is 0 Å². The van der Waals surface area contributed by atoms with Gasteiger partial charge < -0.3 is 78.6 Å². The zero-order chi connectivity index (χ0) is 70.7. The average molecular weight is 1460 g/mol. The van der Waals surface area contributed by atoms with Gasteiger partial charge in [-0.15, -0.1) is 0 Å². The number of aromatic amines is 1. The van der Waals surface area contributed by atoms with Gasteiger partial charge in [0.15, 0.2) is 0 Å². The summed E-state index contributed by atoms with van der Waals surface area (Å²) >= 11 is 0. The Balaban J connectivity index is 0.796. The van der Waals surface area contributed by atoms with Crippen molar-refractivity contribution in [2.24, 2.45) is 10.1 Å². The summed E-state index contributed by atoms with van der Waals surface area (Å²) in [6.07, 6.45) is -2.53. The van der Waals surface area contributed by atoms with Crippen molar-refractivity contribution in [1.29, 1.82) is 0 Å². The molecule has 97 heavy (non-hydrogen) atoms. The van der Waals surface area contributed by atoms with Crippen LogP contribution in [0.1, 0.15) is 97.0 Å². The quantitative estimate of drug-likeness (QED) is 0.00208. The van der Waals surface area contributed by atoms with Crippen molar-refractivity contribution in [3.05, 3.63) is 113 Å². The first-order chi connectivity index (χ1) is 46.2. The fourth-order valence-corrected chi connectivity index (χ4v) is 14.0. The maximum atomic E-state index is 13.5. The third-order valence-corrected chi connectivity index (χ3v) is 20.3. The number of aromatic nitrogens is 2. The van der Waals surface area contributed by atoms with Gasteiger partial charge in [0.05, 0.1) is 69.8 Å². The second kappa shape index (κ2) is 38.9. The fourth-order valence-electron chi connectivity index (χ4n) is 9.24. The third kappa shape index (κ3) is 25.9. The van der Waals surface area contributed by atoms with Crippen LogP contribution in [-0.4, -0.2) is 169 Å². The Hall–Kier alpha value is -7.09. The minimum absolute atomic E-state index is 0.0241. The number of nitrogens with one attached hydrogen (secondary N) is 5. The Morgan fingerprint density at radius 1 is 0.897 bits per heavy atom. The zero-order valence-electron chi connectivity index (χ0n) is 53.7. The molecule has 39 heteroatoms. The van der Waals surface area contributed by atoms with E-state index in [0.29, 0.717) is 78.3 Å². The van der Waals surface area contributed by atoms with E-state index in [1.54, 1.807) is 16.9 Å². The molecule has 0 saturated carbocycles. The van der Waals surface area contributed by atoms with Gasteiger partial charge in [0.2, 0.25) is 0 Å². The molecular weight excluding hydrogens is 1380 g/mol.